The number of nitrogens with one attached hydrogen (secondary N) is 1. The standard InChI is InChI=1S/C14H25N3O/c1-13(2,3)17-8-6-14(4,18)10-11-5-7-16-12(15)9-11/h5,7,9,17-18H,6,8,10H2,1-4H3,(H2,15,16). The van der Waals surface area contributed by atoms with Gasteiger partial charge in [0.1, 0.15) is 5.82 Å². The molecular weight excluding hydrogens is 226 g/mol. The average Bonchev–Trinajstić information content (AvgIpc) is 2.13. The summed E-state index contributed by atoms with van der Waals surface area (Å²) in [4.78, 5) is 3.95. The first-order chi connectivity index (χ1) is 8.18. The second-order valence-electron chi connectivity index (χ2n) is 6.19. The van der Waals surface area contributed by atoms with Crippen molar-refractivity contribution in [3.05, 3.63) is 23.9 Å². The lowest BCUT2D eigenvalue weighted by molar-refractivity contribution is 0.0499. The van der Waals surface area contributed by atoms with Gasteiger partial charge in [0.05, 0.1) is 5.60 Å². The fourth-order valence-corrected chi connectivity index (χ4v) is 1.84. The van der Waals surface area contributed by atoms with Crippen molar-refractivity contribution in [3.8, 4) is 0 Å². The van der Waals surface area contributed by atoms with Crippen LogP contribution in [-0.4, -0.2) is 27.8 Å². The minimum absolute atomic E-state index is 0.0805. The molecule has 0 saturated carbocycles. The number of nitrogens with two attached hydrogens (primary N) is 1. The van der Waals surface area contributed by atoms with Crippen molar-refractivity contribution >= 4 is 5.82 Å². The Morgan fingerprint density at radius 1 is 1.33 bits per heavy atom. The maximum absolute atomic E-state index is 10.4. The fraction of sp³-hybridized carbons (Fsp3) is 0.643. The van der Waals surface area contributed by atoms with Crippen LogP contribution in [0.25, 0.3) is 0 Å². The lowest BCUT2D eigenvalue weighted by Gasteiger charge is -2.27. The van der Waals surface area contributed by atoms with Gasteiger partial charge in [-0.3, -0.25) is 0 Å². The average molecular weight is 251 g/mol. The molecular formula is C14H25N3O. The maximum Gasteiger partial charge on any atom is 0.123 e. The van der Waals surface area contributed by atoms with E-state index in [1.54, 1.807) is 6.20 Å². The largest absolute Gasteiger partial charge is 0.390 e. The van der Waals surface area contributed by atoms with Gasteiger partial charge in [-0.1, -0.05) is 0 Å². The molecule has 0 saturated heterocycles. The molecule has 4 nitrogen and oxygen atoms in total. The lowest BCUT2D eigenvalue weighted by Crippen LogP contribution is -2.40. The van der Waals surface area contributed by atoms with Gasteiger partial charge in [-0.2, -0.15) is 0 Å². The minimum Gasteiger partial charge on any atom is -0.390 e. The van der Waals surface area contributed by atoms with Crippen LogP contribution in [0.2, 0.25) is 0 Å². The molecule has 1 atom stereocenters. The summed E-state index contributed by atoms with van der Waals surface area (Å²) < 4.78 is 0. The first-order valence-electron chi connectivity index (χ1n) is 6.36. The first-order valence-corrected chi connectivity index (χ1v) is 6.36. The van der Waals surface area contributed by atoms with Gasteiger partial charge in [0.2, 0.25) is 0 Å². The molecule has 0 aromatic carbocycles. The van der Waals surface area contributed by atoms with E-state index in [1.165, 1.54) is 0 Å². The molecule has 4 heteroatoms. The molecule has 1 aromatic heterocycles. The second-order valence-corrected chi connectivity index (χ2v) is 6.19. The van der Waals surface area contributed by atoms with E-state index in [4.69, 9.17) is 5.73 Å². The molecule has 0 aliphatic heterocycles. The van der Waals surface area contributed by atoms with E-state index < -0.39 is 5.60 Å². The Hall–Kier alpha value is -1.13. The number of rotatable bonds is 5. The molecule has 0 spiro atoms. The highest BCUT2D eigenvalue weighted by molar-refractivity contribution is 5.32. The molecule has 1 aromatic rings. The molecule has 1 unspecified atom stereocenters. The zero-order chi connectivity index (χ0) is 13.8. The van der Waals surface area contributed by atoms with E-state index >= 15 is 0 Å². The Kier molecular flexibility index (Phi) is 4.71. The van der Waals surface area contributed by atoms with Crippen LogP contribution in [0.15, 0.2) is 18.3 Å². The number of aliphatic hydroxyl groups is 1. The summed E-state index contributed by atoms with van der Waals surface area (Å²) in [5, 5.41) is 13.7. The molecule has 0 aliphatic carbocycles. The summed E-state index contributed by atoms with van der Waals surface area (Å²) in [6, 6.07) is 3.70. The zero-order valence-corrected chi connectivity index (χ0v) is 11.8. The number of nitrogen functional groups attached to an aromatic ring is 1. The highest BCUT2D eigenvalue weighted by atomic mass is 16.3. The van der Waals surface area contributed by atoms with Gasteiger partial charge >= 0.3 is 0 Å². The number of anilines is 1. The molecule has 0 radical (unpaired) electrons. The Morgan fingerprint density at radius 3 is 2.56 bits per heavy atom. The molecule has 102 valence electrons. The minimum atomic E-state index is -0.730. The number of nitrogens with zero attached hydrogens (tertiary/aromatic N) is 1. The third-order valence-corrected chi connectivity index (χ3v) is 2.75. The van der Waals surface area contributed by atoms with Crippen molar-refractivity contribution in [2.24, 2.45) is 0 Å². The fourth-order valence-electron chi connectivity index (χ4n) is 1.84. The molecule has 0 aliphatic rings. The summed E-state index contributed by atoms with van der Waals surface area (Å²) in [5.74, 6) is 0.496. The van der Waals surface area contributed by atoms with Crippen molar-refractivity contribution in [3.63, 3.8) is 0 Å². The highest BCUT2D eigenvalue weighted by Crippen LogP contribution is 2.17. The van der Waals surface area contributed by atoms with Crippen molar-refractivity contribution in [2.45, 2.75) is 51.7 Å². The predicted octanol–water partition coefficient (Wildman–Crippen LogP) is 1.74. The molecule has 0 fully saturated rings. The summed E-state index contributed by atoms with van der Waals surface area (Å²) in [6.07, 6.45) is 2.96. The zero-order valence-electron chi connectivity index (χ0n) is 11.8. The molecule has 1 heterocycles. The van der Waals surface area contributed by atoms with Crippen LogP contribution in [0, 0.1) is 0 Å². The van der Waals surface area contributed by atoms with Crippen molar-refractivity contribution in [2.75, 3.05) is 12.3 Å². The van der Waals surface area contributed by atoms with E-state index in [-0.39, 0.29) is 5.54 Å². The SMILES string of the molecule is CC(O)(CCNC(C)(C)C)Cc1ccnc(N)c1. The maximum atomic E-state index is 10.4. The van der Waals surface area contributed by atoms with E-state index in [0.717, 1.165) is 12.1 Å². The van der Waals surface area contributed by atoms with Gasteiger partial charge in [-0.05, 0) is 58.4 Å². The predicted molar refractivity (Wildman–Crippen MR) is 75.3 cm³/mol. The molecule has 4 N–H and O–H groups in total. The van der Waals surface area contributed by atoms with E-state index in [9.17, 15) is 5.11 Å². The Balaban J connectivity index is 2.49. The quantitative estimate of drug-likeness (QED) is 0.745. The van der Waals surface area contributed by atoms with Crippen molar-refractivity contribution in [1.82, 2.24) is 10.3 Å². The van der Waals surface area contributed by atoms with E-state index in [1.807, 2.05) is 19.1 Å². The lowest BCUT2D eigenvalue weighted by atomic mass is 9.93. The van der Waals surface area contributed by atoms with Crippen LogP contribution in [0.4, 0.5) is 5.82 Å². The van der Waals surface area contributed by atoms with E-state index in [2.05, 4.69) is 31.1 Å². The summed E-state index contributed by atoms with van der Waals surface area (Å²) >= 11 is 0. The van der Waals surface area contributed by atoms with Crippen molar-refractivity contribution < 1.29 is 5.11 Å². The van der Waals surface area contributed by atoms with Crippen LogP contribution in [0.5, 0.6) is 0 Å². The summed E-state index contributed by atoms with van der Waals surface area (Å²) in [7, 11) is 0. The molecule has 1 rings (SSSR count). The van der Waals surface area contributed by atoms with E-state index in [0.29, 0.717) is 18.7 Å². The molecule has 0 bridgehead atoms. The Morgan fingerprint density at radius 2 is 2.00 bits per heavy atom. The van der Waals surface area contributed by atoms with Crippen LogP contribution in [0.1, 0.15) is 39.7 Å². The van der Waals surface area contributed by atoms with Gasteiger partial charge in [0, 0.05) is 18.2 Å². The number of pyridine rings is 1. The first kappa shape index (κ1) is 14.9. The van der Waals surface area contributed by atoms with Crippen LogP contribution >= 0.6 is 0 Å². The second kappa shape index (κ2) is 5.67. The normalized spacial score (nSPS) is 15.4. The number of hydrogen-bond donors (Lipinski definition) is 3. The van der Waals surface area contributed by atoms with Crippen LogP contribution < -0.4 is 11.1 Å². The molecule has 0 amide bonds. The summed E-state index contributed by atoms with van der Waals surface area (Å²) in [6.45, 7) is 8.99. The van der Waals surface area contributed by atoms with Gasteiger partial charge in [0.25, 0.3) is 0 Å². The third-order valence-electron chi connectivity index (χ3n) is 2.75. The van der Waals surface area contributed by atoms with Gasteiger partial charge in [0.15, 0.2) is 0 Å². The van der Waals surface area contributed by atoms with Gasteiger partial charge < -0.3 is 16.2 Å². The third kappa shape index (κ3) is 5.98. The Labute approximate surface area is 110 Å². The van der Waals surface area contributed by atoms with Gasteiger partial charge in [-0.15, -0.1) is 0 Å². The monoisotopic (exact) mass is 251 g/mol. The van der Waals surface area contributed by atoms with Gasteiger partial charge in [-0.25, -0.2) is 4.98 Å². The number of hydrogen-bond acceptors (Lipinski definition) is 4. The van der Waals surface area contributed by atoms with Crippen LogP contribution in [0.3, 0.4) is 0 Å². The topological polar surface area (TPSA) is 71.2 Å². The summed E-state index contributed by atoms with van der Waals surface area (Å²) in [5.41, 5.74) is 6.00. The smallest absolute Gasteiger partial charge is 0.123 e. The van der Waals surface area contributed by atoms with Crippen molar-refractivity contribution in [1.29, 1.82) is 0 Å². The highest BCUT2D eigenvalue weighted by Gasteiger charge is 2.21. The molecule has 18 heavy (non-hydrogen) atoms. The number of aromatic nitrogens is 1. The van der Waals surface area contributed by atoms with Crippen LogP contribution in [-0.2, 0) is 6.42 Å². The Bertz CT molecular complexity index is 383.